The first-order valence-corrected chi connectivity index (χ1v) is 5.51. The summed E-state index contributed by atoms with van der Waals surface area (Å²) in [7, 11) is 2.15. The molecule has 0 N–H and O–H groups in total. The molecule has 2 heteroatoms. The van der Waals surface area contributed by atoms with Gasteiger partial charge in [0.2, 0.25) is 0 Å². The van der Waals surface area contributed by atoms with E-state index in [1.54, 1.807) is 0 Å². The van der Waals surface area contributed by atoms with Crippen LogP contribution in [0.2, 0.25) is 0 Å². The van der Waals surface area contributed by atoms with Crippen molar-refractivity contribution in [2.45, 2.75) is 27.2 Å². The highest BCUT2D eigenvalue weighted by atomic mass is 15.1. The fourth-order valence-electron chi connectivity index (χ4n) is 1.88. The van der Waals surface area contributed by atoms with Crippen molar-refractivity contribution in [1.29, 1.82) is 0 Å². The van der Waals surface area contributed by atoms with E-state index in [-0.39, 0.29) is 0 Å². The molecule has 1 rings (SSSR count). The van der Waals surface area contributed by atoms with Crippen LogP contribution < -0.4 is 10.4 Å². The summed E-state index contributed by atoms with van der Waals surface area (Å²) in [5, 5.41) is 0. The van der Waals surface area contributed by atoms with E-state index >= 15 is 0 Å². The molecule has 76 valence electrons. The Bertz CT molecular complexity index is 296. The molecule has 0 saturated carbocycles. The molecule has 0 aliphatic rings. The van der Waals surface area contributed by atoms with Crippen LogP contribution in [0.15, 0.2) is 18.2 Å². The van der Waals surface area contributed by atoms with E-state index in [1.807, 2.05) is 0 Å². The summed E-state index contributed by atoms with van der Waals surface area (Å²) in [6.07, 6.45) is 1.21. The van der Waals surface area contributed by atoms with Crippen molar-refractivity contribution >= 4 is 19.0 Å². The van der Waals surface area contributed by atoms with E-state index in [0.29, 0.717) is 0 Å². The smallest absolute Gasteiger partial charge is 0.139 e. The lowest BCUT2D eigenvalue weighted by Crippen LogP contribution is -2.24. The zero-order chi connectivity index (χ0) is 10.6. The van der Waals surface area contributed by atoms with Gasteiger partial charge in [-0.1, -0.05) is 24.5 Å². The third kappa shape index (κ3) is 2.54. The third-order valence-electron chi connectivity index (χ3n) is 2.57. The Labute approximate surface area is 88.5 Å². The molecule has 0 heterocycles. The normalized spacial score (nSPS) is 10.2. The van der Waals surface area contributed by atoms with Gasteiger partial charge in [0, 0.05) is 18.8 Å². The number of nitrogens with zero attached hydrogens (tertiary/aromatic N) is 1. The van der Waals surface area contributed by atoms with Crippen molar-refractivity contribution in [1.82, 2.24) is 0 Å². The van der Waals surface area contributed by atoms with Gasteiger partial charge in [0.05, 0.1) is 0 Å². The molecular formula is C12H20BN. The van der Waals surface area contributed by atoms with Crippen molar-refractivity contribution in [2.75, 3.05) is 18.0 Å². The van der Waals surface area contributed by atoms with Crippen LogP contribution in [-0.2, 0) is 0 Å². The Hall–Kier alpha value is -0.915. The molecule has 1 aromatic rings. The van der Waals surface area contributed by atoms with Gasteiger partial charge in [0.15, 0.2) is 0 Å². The predicted molar refractivity (Wildman–Crippen MR) is 67.5 cm³/mol. The van der Waals surface area contributed by atoms with Gasteiger partial charge in [-0.15, -0.1) is 0 Å². The second-order valence-corrected chi connectivity index (χ2v) is 3.87. The molecule has 0 radical (unpaired) electrons. The Morgan fingerprint density at radius 3 is 2.50 bits per heavy atom. The molecule has 0 aromatic heterocycles. The van der Waals surface area contributed by atoms with Crippen molar-refractivity contribution in [3.8, 4) is 0 Å². The number of hydrogen-bond acceptors (Lipinski definition) is 1. The molecule has 0 saturated heterocycles. The number of aryl methyl sites for hydroxylation is 1. The fourth-order valence-corrected chi connectivity index (χ4v) is 1.88. The minimum atomic E-state index is 1.09. The summed E-state index contributed by atoms with van der Waals surface area (Å²) >= 11 is 0. The molecule has 0 fully saturated rings. The van der Waals surface area contributed by atoms with Crippen LogP contribution in [-0.4, -0.2) is 20.9 Å². The molecule has 1 nitrogen and oxygen atoms in total. The summed E-state index contributed by atoms with van der Waals surface area (Å²) < 4.78 is 0. The second kappa shape index (κ2) is 5.09. The van der Waals surface area contributed by atoms with E-state index in [2.05, 4.69) is 51.7 Å². The molecular weight excluding hydrogens is 169 g/mol. The average Bonchev–Trinajstić information content (AvgIpc) is 2.15. The number of rotatable bonds is 4. The van der Waals surface area contributed by atoms with Crippen LogP contribution in [0, 0.1) is 6.92 Å². The van der Waals surface area contributed by atoms with Gasteiger partial charge in [-0.2, -0.15) is 0 Å². The quantitative estimate of drug-likeness (QED) is 0.648. The van der Waals surface area contributed by atoms with Crippen molar-refractivity contribution in [3.63, 3.8) is 0 Å². The molecule has 0 unspecified atom stereocenters. The standard InChI is InChI=1S/C12H20BN/c1-4-8-14(5-2)12-7-6-11(13)9-10(12)3/h6-7,9H,4-5,8,13H2,1-3H3. The summed E-state index contributed by atoms with van der Waals surface area (Å²) in [4.78, 5) is 2.44. The molecule has 0 amide bonds. The van der Waals surface area contributed by atoms with E-state index in [0.717, 1.165) is 13.1 Å². The Morgan fingerprint density at radius 1 is 1.29 bits per heavy atom. The second-order valence-electron chi connectivity index (χ2n) is 3.87. The maximum absolute atomic E-state index is 2.44. The molecule has 0 aliphatic carbocycles. The molecule has 0 bridgehead atoms. The number of benzene rings is 1. The SMILES string of the molecule is Bc1ccc(N(CC)CCC)c(C)c1. The summed E-state index contributed by atoms with van der Waals surface area (Å²) in [5.74, 6) is 0. The van der Waals surface area contributed by atoms with Crippen LogP contribution in [0.25, 0.3) is 0 Å². The largest absolute Gasteiger partial charge is 0.372 e. The first-order chi connectivity index (χ1) is 6.69. The Morgan fingerprint density at radius 2 is 2.00 bits per heavy atom. The van der Waals surface area contributed by atoms with E-state index in [9.17, 15) is 0 Å². The fraction of sp³-hybridized carbons (Fsp3) is 0.500. The predicted octanol–water partition coefficient (Wildman–Crippen LogP) is 1.49. The van der Waals surface area contributed by atoms with Gasteiger partial charge < -0.3 is 4.90 Å². The highest BCUT2D eigenvalue weighted by Gasteiger charge is 2.05. The Balaban J connectivity index is 2.92. The summed E-state index contributed by atoms with van der Waals surface area (Å²) in [6.45, 7) is 8.89. The molecule has 0 spiro atoms. The van der Waals surface area contributed by atoms with Crippen LogP contribution in [0.3, 0.4) is 0 Å². The Kier molecular flexibility index (Phi) is 4.06. The number of anilines is 1. The average molecular weight is 189 g/mol. The van der Waals surface area contributed by atoms with E-state index in [4.69, 9.17) is 0 Å². The van der Waals surface area contributed by atoms with E-state index in [1.165, 1.54) is 23.1 Å². The first kappa shape index (κ1) is 11.2. The lowest BCUT2D eigenvalue weighted by molar-refractivity contribution is 0.789. The zero-order valence-electron chi connectivity index (χ0n) is 9.80. The van der Waals surface area contributed by atoms with Gasteiger partial charge in [0.1, 0.15) is 7.85 Å². The zero-order valence-corrected chi connectivity index (χ0v) is 9.80. The van der Waals surface area contributed by atoms with Crippen LogP contribution in [0.5, 0.6) is 0 Å². The molecule has 0 atom stereocenters. The van der Waals surface area contributed by atoms with Gasteiger partial charge in [-0.05, 0) is 31.9 Å². The molecule has 1 aromatic carbocycles. The molecule has 0 aliphatic heterocycles. The van der Waals surface area contributed by atoms with Crippen molar-refractivity contribution < 1.29 is 0 Å². The maximum Gasteiger partial charge on any atom is 0.139 e. The molecule has 14 heavy (non-hydrogen) atoms. The van der Waals surface area contributed by atoms with Crippen LogP contribution in [0.1, 0.15) is 25.8 Å². The monoisotopic (exact) mass is 189 g/mol. The maximum atomic E-state index is 2.44. The van der Waals surface area contributed by atoms with Crippen LogP contribution >= 0.6 is 0 Å². The third-order valence-corrected chi connectivity index (χ3v) is 2.57. The van der Waals surface area contributed by atoms with Crippen LogP contribution in [0.4, 0.5) is 5.69 Å². The number of hydrogen-bond donors (Lipinski definition) is 0. The van der Waals surface area contributed by atoms with Crippen molar-refractivity contribution in [3.05, 3.63) is 23.8 Å². The van der Waals surface area contributed by atoms with Gasteiger partial charge >= 0.3 is 0 Å². The lowest BCUT2D eigenvalue weighted by atomic mass is 9.94. The highest BCUT2D eigenvalue weighted by Crippen LogP contribution is 2.18. The van der Waals surface area contributed by atoms with E-state index < -0.39 is 0 Å². The topological polar surface area (TPSA) is 3.24 Å². The minimum Gasteiger partial charge on any atom is -0.372 e. The van der Waals surface area contributed by atoms with Gasteiger partial charge in [-0.25, -0.2) is 0 Å². The van der Waals surface area contributed by atoms with Gasteiger partial charge in [0.25, 0.3) is 0 Å². The highest BCUT2D eigenvalue weighted by molar-refractivity contribution is 6.32. The van der Waals surface area contributed by atoms with Crippen molar-refractivity contribution in [2.24, 2.45) is 0 Å². The van der Waals surface area contributed by atoms with Gasteiger partial charge in [-0.3, -0.25) is 0 Å². The minimum absolute atomic E-state index is 1.09. The summed E-state index contributed by atoms with van der Waals surface area (Å²) in [5.41, 5.74) is 4.12. The lowest BCUT2D eigenvalue weighted by Gasteiger charge is -2.24. The first-order valence-electron chi connectivity index (χ1n) is 5.51. The summed E-state index contributed by atoms with van der Waals surface area (Å²) in [6, 6.07) is 6.69.